The van der Waals surface area contributed by atoms with Crippen LogP contribution in [0.2, 0.25) is 0 Å². The summed E-state index contributed by atoms with van der Waals surface area (Å²) >= 11 is 3.37. The molecule has 1 heterocycles. The lowest BCUT2D eigenvalue weighted by molar-refractivity contribution is -0.152. The Bertz CT molecular complexity index is 643. The van der Waals surface area contributed by atoms with Crippen molar-refractivity contribution in [2.75, 3.05) is 11.9 Å². The van der Waals surface area contributed by atoms with Gasteiger partial charge < -0.3 is 18.9 Å². The first-order chi connectivity index (χ1) is 12.4. The van der Waals surface area contributed by atoms with Crippen LogP contribution >= 0.6 is 15.9 Å². The molecule has 0 aliphatic carbocycles. The third-order valence-electron chi connectivity index (χ3n) is 3.66. The lowest BCUT2D eigenvalue weighted by Gasteiger charge is -2.24. The average molecular weight is 427 g/mol. The maximum absolute atomic E-state index is 12.4. The molecule has 0 spiro atoms. The number of alkyl halides is 1. The highest BCUT2D eigenvalue weighted by Gasteiger charge is 2.45. The van der Waals surface area contributed by atoms with Gasteiger partial charge in [0, 0.05) is 11.4 Å². The van der Waals surface area contributed by atoms with Gasteiger partial charge in [-0.1, -0.05) is 34.1 Å². The molecule has 2 rings (SSSR count). The Hall–Kier alpha value is -1.70. The van der Waals surface area contributed by atoms with Crippen molar-refractivity contribution in [3.05, 3.63) is 48.0 Å². The summed E-state index contributed by atoms with van der Waals surface area (Å²) < 4.78 is 22.2. The Morgan fingerprint density at radius 3 is 2.58 bits per heavy atom. The van der Waals surface area contributed by atoms with E-state index in [-0.39, 0.29) is 0 Å². The van der Waals surface area contributed by atoms with E-state index in [9.17, 15) is 9.59 Å². The van der Waals surface area contributed by atoms with E-state index in [0.717, 1.165) is 0 Å². The van der Waals surface area contributed by atoms with Crippen LogP contribution in [0.1, 0.15) is 31.1 Å². The highest BCUT2D eigenvalue weighted by Crippen LogP contribution is 2.32. The van der Waals surface area contributed by atoms with Gasteiger partial charge in [-0.25, -0.2) is 9.59 Å². The monoisotopic (exact) mass is 426 g/mol. The summed E-state index contributed by atoms with van der Waals surface area (Å²) in [5, 5.41) is 0.361. The van der Waals surface area contributed by atoms with E-state index in [1.807, 2.05) is 6.07 Å². The molecule has 0 N–H and O–H groups in total. The fourth-order valence-corrected chi connectivity index (χ4v) is 3.08. The molecule has 1 aliphatic rings. The molecule has 1 aromatic rings. The van der Waals surface area contributed by atoms with Crippen LogP contribution in [0.3, 0.4) is 0 Å². The van der Waals surface area contributed by atoms with E-state index in [2.05, 4.69) is 15.9 Å². The lowest BCUT2D eigenvalue weighted by Crippen LogP contribution is -2.39. The number of rotatable bonds is 7. The van der Waals surface area contributed by atoms with Gasteiger partial charge in [0.1, 0.15) is 18.3 Å². The lowest BCUT2D eigenvalue weighted by atomic mass is 10.1. The summed E-state index contributed by atoms with van der Waals surface area (Å²) in [5.74, 6) is -1.78. The topological polar surface area (TPSA) is 71.1 Å². The molecule has 26 heavy (non-hydrogen) atoms. The molecule has 0 radical (unpaired) electrons. The van der Waals surface area contributed by atoms with Crippen LogP contribution in [0, 0.1) is 0 Å². The summed E-state index contributed by atoms with van der Waals surface area (Å²) in [5.41, 5.74) is 0.454. The van der Waals surface area contributed by atoms with Crippen molar-refractivity contribution < 1.29 is 28.5 Å². The van der Waals surface area contributed by atoms with Crippen molar-refractivity contribution in [2.45, 2.75) is 44.9 Å². The minimum atomic E-state index is -0.867. The molecular formula is C19H23BrO6. The van der Waals surface area contributed by atoms with E-state index in [1.165, 1.54) is 6.08 Å². The molecule has 7 heteroatoms. The fourth-order valence-electron chi connectivity index (χ4n) is 2.58. The zero-order valence-electron chi connectivity index (χ0n) is 15.0. The normalized spacial score (nSPS) is 22.9. The van der Waals surface area contributed by atoms with Gasteiger partial charge >= 0.3 is 11.9 Å². The van der Waals surface area contributed by atoms with E-state index in [0.29, 0.717) is 17.5 Å². The maximum atomic E-state index is 12.4. The molecule has 0 unspecified atom stereocenters. The number of hydrogen-bond acceptors (Lipinski definition) is 6. The molecule has 0 bridgehead atoms. The second-order valence-corrected chi connectivity index (χ2v) is 6.79. The summed E-state index contributed by atoms with van der Waals surface area (Å²) in [4.78, 5) is 23.9. The third kappa shape index (κ3) is 5.65. The molecule has 0 amide bonds. The van der Waals surface area contributed by atoms with Gasteiger partial charge in [-0.2, -0.15) is 0 Å². The van der Waals surface area contributed by atoms with Crippen molar-refractivity contribution in [1.29, 1.82) is 0 Å². The molecule has 1 aliphatic heterocycles. The quantitative estimate of drug-likeness (QED) is 0.378. The second-order valence-electron chi connectivity index (χ2n) is 6.14. The molecule has 142 valence electrons. The number of carbonyl (C=O) groups excluding carboxylic acids is 2. The van der Waals surface area contributed by atoms with Crippen molar-refractivity contribution in [3.8, 4) is 0 Å². The van der Waals surface area contributed by atoms with Crippen molar-refractivity contribution in [3.63, 3.8) is 0 Å². The number of halogens is 1. The predicted octanol–water partition coefficient (Wildman–Crippen LogP) is 3.25. The molecule has 3 atom stereocenters. The Morgan fingerprint density at radius 1 is 1.27 bits per heavy atom. The first-order valence-corrected chi connectivity index (χ1v) is 9.51. The largest absolute Gasteiger partial charge is 0.463 e. The van der Waals surface area contributed by atoms with Crippen molar-refractivity contribution in [2.24, 2.45) is 0 Å². The third-order valence-corrected chi connectivity index (χ3v) is 4.30. The number of benzene rings is 1. The minimum Gasteiger partial charge on any atom is -0.463 e. The zero-order valence-corrected chi connectivity index (χ0v) is 16.6. The summed E-state index contributed by atoms with van der Waals surface area (Å²) in [6.07, 6.45) is 1.16. The molecule has 0 aromatic heterocycles. The molecule has 6 nitrogen and oxygen atoms in total. The smallest absolute Gasteiger partial charge is 0.338 e. The Kier molecular flexibility index (Phi) is 7.37. The Labute approximate surface area is 161 Å². The first kappa shape index (κ1) is 20.6. The van der Waals surface area contributed by atoms with Crippen LogP contribution < -0.4 is 0 Å². The van der Waals surface area contributed by atoms with E-state index in [4.69, 9.17) is 18.9 Å². The first-order valence-electron chi connectivity index (χ1n) is 8.39. The molecule has 1 saturated heterocycles. The Morgan fingerprint density at radius 2 is 1.96 bits per heavy atom. The number of hydrogen-bond donors (Lipinski definition) is 0. The van der Waals surface area contributed by atoms with Crippen LogP contribution in [0.4, 0.5) is 0 Å². The van der Waals surface area contributed by atoms with Gasteiger partial charge in [-0.15, -0.1) is 0 Å². The number of ether oxygens (including phenoxy) is 4. The minimum absolute atomic E-state index is 0.291. The van der Waals surface area contributed by atoms with Gasteiger partial charge in [0.15, 0.2) is 5.79 Å². The predicted molar refractivity (Wildman–Crippen MR) is 99.0 cm³/mol. The van der Waals surface area contributed by atoms with Crippen LogP contribution in [-0.2, 0) is 23.7 Å². The molecule has 1 fully saturated rings. The van der Waals surface area contributed by atoms with Crippen molar-refractivity contribution in [1.82, 2.24) is 0 Å². The number of esters is 2. The van der Waals surface area contributed by atoms with Gasteiger partial charge in [-0.05, 0) is 39.0 Å². The standard InChI is InChI=1S/C19H23BrO6/c1-4-23-16(21)11-10-14-17(26-19(2,3)25-14)15(12-20)24-18(22)13-8-6-5-7-9-13/h5-11,14-15,17H,4,12H2,1-3H3/b11-10-/t14-,15+,17-/m0/s1. The molecule has 1 aromatic carbocycles. The van der Waals surface area contributed by atoms with Gasteiger partial charge in [0.05, 0.1) is 12.2 Å². The van der Waals surface area contributed by atoms with Crippen LogP contribution in [0.25, 0.3) is 0 Å². The summed E-state index contributed by atoms with van der Waals surface area (Å²) in [6, 6.07) is 8.72. The summed E-state index contributed by atoms with van der Waals surface area (Å²) in [6.45, 7) is 5.56. The fraction of sp³-hybridized carbons (Fsp3) is 0.474. The Balaban J connectivity index is 2.12. The van der Waals surface area contributed by atoms with Crippen LogP contribution in [-0.4, -0.2) is 48.0 Å². The average Bonchev–Trinajstić information content (AvgIpc) is 2.93. The maximum Gasteiger partial charge on any atom is 0.338 e. The van der Waals surface area contributed by atoms with Crippen molar-refractivity contribution >= 4 is 27.9 Å². The van der Waals surface area contributed by atoms with Gasteiger partial charge in [0.2, 0.25) is 0 Å². The summed E-state index contributed by atoms with van der Waals surface area (Å²) in [7, 11) is 0. The van der Waals surface area contributed by atoms with Gasteiger partial charge in [-0.3, -0.25) is 0 Å². The second kappa shape index (κ2) is 9.30. The van der Waals surface area contributed by atoms with E-state index < -0.39 is 36.0 Å². The highest BCUT2D eigenvalue weighted by atomic mass is 79.9. The van der Waals surface area contributed by atoms with Crippen LogP contribution in [0.5, 0.6) is 0 Å². The van der Waals surface area contributed by atoms with E-state index in [1.54, 1.807) is 51.1 Å². The number of carbonyl (C=O) groups is 2. The SMILES string of the molecule is CCOC(=O)/C=C\[C@@H]1OC(C)(C)O[C@@H]1[C@@H](CBr)OC(=O)c1ccccc1. The van der Waals surface area contributed by atoms with E-state index >= 15 is 0 Å². The molecule has 0 saturated carbocycles. The molecular weight excluding hydrogens is 404 g/mol. The van der Waals surface area contributed by atoms with Crippen LogP contribution in [0.15, 0.2) is 42.5 Å². The highest BCUT2D eigenvalue weighted by molar-refractivity contribution is 9.09. The van der Waals surface area contributed by atoms with Gasteiger partial charge in [0.25, 0.3) is 0 Å². The zero-order chi connectivity index (χ0) is 19.2.